The lowest BCUT2D eigenvalue weighted by Gasteiger charge is -2.13. The van der Waals surface area contributed by atoms with Gasteiger partial charge in [-0.15, -0.1) is 0 Å². The van der Waals surface area contributed by atoms with Crippen LogP contribution in [0.15, 0.2) is 24.3 Å². The maximum Gasteiger partial charge on any atom is 0.416 e. The van der Waals surface area contributed by atoms with E-state index in [1.165, 1.54) is 19.2 Å². The van der Waals surface area contributed by atoms with Gasteiger partial charge in [-0.3, -0.25) is 4.79 Å². The Bertz CT molecular complexity index is 390. The van der Waals surface area contributed by atoms with Crippen LogP contribution in [0.4, 0.5) is 13.2 Å². The van der Waals surface area contributed by atoms with E-state index < -0.39 is 23.7 Å². The van der Waals surface area contributed by atoms with E-state index in [2.05, 4.69) is 5.32 Å². The summed E-state index contributed by atoms with van der Waals surface area (Å²) in [6.45, 7) is 0. The number of carbonyl (C=O) groups excluding carboxylic acids is 1. The summed E-state index contributed by atoms with van der Waals surface area (Å²) in [6.07, 6.45) is -4.43. The molecule has 0 aliphatic carbocycles. The van der Waals surface area contributed by atoms with Gasteiger partial charge in [0.25, 0.3) is 0 Å². The van der Waals surface area contributed by atoms with Crippen LogP contribution in [-0.2, 0) is 11.0 Å². The molecule has 0 saturated carbocycles. The number of hydrogen-bond donors (Lipinski definition) is 2. The van der Waals surface area contributed by atoms with Crippen molar-refractivity contribution in [3.05, 3.63) is 35.4 Å². The van der Waals surface area contributed by atoms with Crippen molar-refractivity contribution in [3.63, 3.8) is 0 Å². The van der Waals surface area contributed by atoms with E-state index in [-0.39, 0.29) is 5.56 Å². The number of nitrogens with two attached hydrogens (primary N) is 1. The van der Waals surface area contributed by atoms with Crippen LogP contribution in [0, 0.1) is 0 Å². The molecule has 0 heterocycles. The Balaban J connectivity index is 3.04. The van der Waals surface area contributed by atoms with Crippen LogP contribution in [0.25, 0.3) is 0 Å². The molecule has 1 unspecified atom stereocenters. The third-order valence-corrected chi connectivity index (χ3v) is 2.10. The summed E-state index contributed by atoms with van der Waals surface area (Å²) in [7, 11) is 1.37. The zero-order valence-corrected chi connectivity index (χ0v) is 8.51. The maximum atomic E-state index is 12.4. The van der Waals surface area contributed by atoms with E-state index in [0.717, 1.165) is 12.1 Å². The Kier molecular flexibility index (Phi) is 3.54. The number of nitrogens with one attached hydrogen (secondary N) is 1. The number of halogens is 3. The first-order valence-corrected chi connectivity index (χ1v) is 4.50. The molecule has 1 rings (SSSR count). The first kappa shape index (κ1) is 12.5. The van der Waals surface area contributed by atoms with E-state index in [1.54, 1.807) is 0 Å². The minimum Gasteiger partial charge on any atom is -0.358 e. The van der Waals surface area contributed by atoms with Gasteiger partial charge in [0, 0.05) is 7.05 Å². The van der Waals surface area contributed by atoms with Crippen molar-refractivity contribution in [2.24, 2.45) is 5.73 Å². The quantitative estimate of drug-likeness (QED) is 0.810. The molecule has 0 saturated heterocycles. The van der Waals surface area contributed by atoms with Crippen molar-refractivity contribution in [3.8, 4) is 0 Å². The van der Waals surface area contributed by atoms with Gasteiger partial charge in [-0.1, -0.05) is 12.1 Å². The lowest BCUT2D eigenvalue weighted by molar-refractivity contribution is -0.137. The molecule has 3 N–H and O–H groups in total. The molecule has 0 spiro atoms. The van der Waals surface area contributed by atoms with E-state index in [0.29, 0.717) is 0 Å². The Labute approximate surface area is 90.4 Å². The first-order chi connectivity index (χ1) is 7.36. The normalized spacial score (nSPS) is 13.3. The molecule has 0 fully saturated rings. The first-order valence-electron chi connectivity index (χ1n) is 4.50. The maximum absolute atomic E-state index is 12.4. The zero-order chi connectivity index (χ0) is 12.3. The highest BCUT2D eigenvalue weighted by molar-refractivity contribution is 5.82. The summed E-state index contributed by atoms with van der Waals surface area (Å²) >= 11 is 0. The molecule has 1 aromatic rings. The van der Waals surface area contributed by atoms with E-state index in [9.17, 15) is 18.0 Å². The Morgan fingerprint density at radius 3 is 2.56 bits per heavy atom. The third kappa shape index (κ3) is 2.73. The number of alkyl halides is 3. The standard InChI is InChI=1S/C10H11F3N2O/c1-15-9(16)8(14)6-3-2-4-7(5-6)10(11,12)13/h2-5,8H,14H2,1H3,(H,15,16). The fraction of sp³-hybridized carbons (Fsp3) is 0.300. The average molecular weight is 232 g/mol. The van der Waals surface area contributed by atoms with E-state index in [4.69, 9.17) is 5.73 Å². The predicted octanol–water partition coefficient (Wildman–Crippen LogP) is 1.45. The predicted molar refractivity (Wildman–Crippen MR) is 52.4 cm³/mol. The molecule has 0 aromatic heterocycles. The molecule has 0 bridgehead atoms. The van der Waals surface area contributed by atoms with Gasteiger partial charge in [-0.05, 0) is 17.7 Å². The number of amides is 1. The van der Waals surface area contributed by atoms with Crippen molar-refractivity contribution >= 4 is 5.91 Å². The monoisotopic (exact) mass is 232 g/mol. The van der Waals surface area contributed by atoms with Gasteiger partial charge in [0.15, 0.2) is 0 Å². The molecule has 1 amide bonds. The Hall–Kier alpha value is -1.56. The summed E-state index contributed by atoms with van der Waals surface area (Å²) in [4.78, 5) is 11.2. The molecule has 6 heteroatoms. The fourth-order valence-corrected chi connectivity index (χ4v) is 1.22. The van der Waals surface area contributed by atoms with Crippen molar-refractivity contribution in [1.29, 1.82) is 0 Å². The van der Waals surface area contributed by atoms with E-state index >= 15 is 0 Å². The van der Waals surface area contributed by atoms with Crippen molar-refractivity contribution in [2.45, 2.75) is 12.2 Å². The molecular formula is C10H11F3N2O. The molecule has 88 valence electrons. The molecular weight excluding hydrogens is 221 g/mol. The highest BCUT2D eigenvalue weighted by Crippen LogP contribution is 2.30. The van der Waals surface area contributed by atoms with Crippen LogP contribution in [0.5, 0.6) is 0 Å². The SMILES string of the molecule is CNC(=O)C(N)c1cccc(C(F)(F)F)c1. The highest BCUT2D eigenvalue weighted by atomic mass is 19.4. The fourth-order valence-electron chi connectivity index (χ4n) is 1.22. The number of rotatable bonds is 2. The van der Waals surface area contributed by atoms with Gasteiger partial charge in [0.05, 0.1) is 5.56 Å². The van der Waals surface area contributed by atoms with Gasteiger partial charge < -0.3 is 11.1 Å². The molecule has 0 aliphatic heterocycles. The second-order valence-corrected chi connectivity index (χ2v) is 3.22. The van der Waals surface area contributed by atoms with Gasteiger partial charge in [0.1, 0.15) is 6.04 Å². The van der Waals surface area contributed by atoms with Gasteiger partial charge in [-0.2, -0.15) is 13.2 Å². The van der Waals surface area contributed by atoms with Crippen LogP contribution in [0.1, 0.15) is 17.2 Å². The number of hydrogen-bond acceptors (Lipinski definition) is 2. The lowest BCUT2D eigenvalue weighted by atomic mass is 10.0. The summed E-state index contributed by atoms with van der Waals surface area (Å²) < 4.78 is 37.1. The van der Waals surface area contributed by atoms with Crippen LogP contribution in [0.2, 0.25) is 0 Å². The topological polar surface area (TPSA) is 55.1 Å². The third-order valence-electron chi connectivity index (χ3n) is 2.10. The van der Waals surface area contributed by atoms with Crippen LogP contribution < -0.4 is 11.1 Å². The Morgan fingerprint density at radius 1 is 1.44 bits per heavy atom. The summed E-state index contributed by atoms with van der Waals surface area (Å²) in [5, 5.41) is 2.28. The molecule has 0 aliphatic rings. The molecule has 1 atom stereocenters. The van der Waals surface area contributed by atoms with E-state index in [1.807, 2.05) is 0 Å². The molecule has 0 radical (unpaired) electrons. The minimum atomic E-state index is -4.43. The Morgan fingerprint density at radius 2 is 2.06 bits per heavy atom. The molecule has 1 aromatic carbocycles. The summed E-state index contributed by atoms with van der Waals surface area (Å²) in [6, 6.07) is 3.32. The minimum absolute atomic E-state index is 0.133. The van der Waals surface area contributed by atoms with Crippen LogP contribution in [-0.4, -0.2) is 13.0 Å². The second-order valence-electron chi connectivity index (χ2n) is 3.22. The second kappa shape index (κ2) is 4.52. The number of likely N-dealkylation sites (N-methyl/N-ethyl adjacent to an activating group) is 1. The van der Waals surface area contributed by atoms with Gasteiger partial charge in [0.2, 0.25) is 5.91 Å². The van der Waals surface area contributed by atoms with Gasteiger partial charge in [-0.25, -0.2) is 0 Å². The molecule has 16 heavy (non-hydrogen) atoms. The zero-order valence-electron chi connectivity index (χ0n) is 8.51. The van der Waals surface area contributed by atoms with Crippen LogP contribution in [0.3, 0.4) is 0 Å². The summed E-state index contributed by atoms with van der Waals surface area (Å²) in [5.74, 6) is -0.528. The van der Waals surface area contributed by atoms with Gasteiger partial charge >= 0.3 is 6.18 Å². The van der Waals surface area contributed by atoms with Crippen molar-refractivity contribution in [2.75, 3.05) is 7.05 Å². The van der Waals surface area contributed by atoms with Crippen molar-refractivity contribution < 1.29 is 18.0 Å². The largest absolute Gasteiger partial charge is 0.416 e. The number of benzene rings is 1. The lowest BCUT2D eigenvalue weighted by Crippen LogP contribution is -2.31. The molecule has 3 nitrogen and oxygen atoms in total. The number of carbonyl (C=O) groups is 1. The smallest absolute Gasteiger partial charge is 0.358 e. The summed E-state index contributed by atoms with van der Waals surface area (Å²) in [5.41, 5.74) is 4.80. The van der Waals surface area contributed by atoms with Crippen molar-refractivity contribution in [1.82, 2.24) is 5.32 Å². The average Bonchev–Trinajstić information content (AvgIpc) is 2.26. The highest BCUT2D eigenvalue weighted by Gasteiger charge is 2.31. The van der Waals surface area contributed by atoms with Crippen LogP contribution >= 0.6 is 0 Å².